The summed E-state index contributed by atoms with van der Waals surface area (Å²) < 4.78 is 6.93. The summed E-state index contributed by atoms with van der Waals surface area (Å²) in [7, 11) is 0. The van der Waals surface area contributed by atoms with Crippen molar-refractivity contribution in [3.8, 4) is 28.0 Å². The van der Waals surface area contributed by atoms with Crippen molar-refractivity contribution in [1.82, 2.24) is 0 Å². The number of thiophene rings is 2. The van der Waals surface area contributed by atoms with Crippen molar-refractivity contribution < 1.29 is 14.6 Å². The summed E-state index contributed by atoms with van der Waals surface area (Å²) in [5.74, 6) is -0.0777. The van der Waals surface area contributed by atoms with Crippen LogP contribution >= 0.6 is 38.6 Å². The molecule has 0 saturated carbocycles. The molecule has 2 heterocycles. The molecule has 0 saturated heterocycles. The highest BCUT2D eigenvalue weighted by molar-refractivity contribution is 9.10. The number of hydrogen-bond donors (Lipinski definition) is 1. The summed E-state index contributed by atoms with van der Waals surface area (Å²) in [6.07, 6.45) is 2.71. The third-order valence-corrected chi connectivity index (χ3v) is 8.24. The highest BCUT2D eigenvalue weighted by atomic mass is 79.9. The van der Waals surface area contributed by atoms with Gasteiger partial charge in [-0.2, -0.15) is 22.7 Å². The van der Waals surface area contributed by atoms with Crippen LogP contribution in [0.5, 0.6) is 5.75 Å². The van der Waals surface area contributed by atoms with Gasteiger partial charge in [-0.05, 0) is 119 Å². The van der Waals surface area contributed by atoms with E-state index in [-0.39, 0.29) is 6.42 Å². The van der Waals surface area contributed by atoms with Crippen LogP contribution in [0, 0.1) is 0 Å². The van der Waals surface area contributed by atoms with Gasteiger partial charge < -0.3 is 9.84 Å². The zero-order chi connectivity index (χ0) is 26.3. The van der Waals surface area contributed by atoms with Gasteiger partial charge in [-0.15, -0.1) is 0 Å². The Balaban J connectivity index is 1.39. The highest BCUT2D eigenvalue weighted by Gasteiger charge is 2.09. The van der Waals surface area contributed by atoms with Gasteiger partial charge in [0, 0.05) is 6.42 Å². The molecule has 6 heteroatoms. The monoisotopic (exact) mass is 600 g/mol. The van der Waals surface area contributed by atoms with Crippen molar-refractivity contribution in [2.24, 2.45) is 0 Å². The number of aryl methyl sites for hydroxylation is 1. The van der Waals surface area contributed by atoms with Crippen LogP contribution in [-0.2, 0) is 11.2 Å². The highest BCUT2D eigenvalue weighted by Crippen LogP contribution is 2.31. The van der Waals surface area contributed by atoms with Crippen LogP contribution in [0.15, 0.2) is 111 Å². The number of rotatable bonds is 10. The van der Waals surface area contributed by atoms with Gasteiger partial charge in [0.15, 0.2) is 0 Å². The first-order chi connectivity index (χ1) is 18.6. The van der Waals surface area contributed by atoms with Crippen molar-refractivity contribution in [1.29, 1.82) is 0 Å². The van der Waals surface area contributed by atoms with Crippen LogP contribution in [0.4, 0.5) is 0 Å². The summed E-state index contributed by atoms with van der Waals surface area (Å²) in [5, 5.41) is 17.4. The second-order valence-electron chi connectivity index (χ2n) is 8.77. The first-order valence-corrected chi connectivity index (χ1v) is 14.8. The molecule has 1 N–H and O–H groups in total. The fourth-order valence-electron chi connectivity index (χ4n) is 4.23. The maximum Gasteiger partial charge on any atom is 0.303 e. The summed E-state index contributed by atoms with van der Waals surface area (Å²) in [6, 6.07) is 27.3. The van der Waals surface area contributed by atoms with Crippen LogP contribution in [-0.4, -0.2) is 17.7 Å². The largest absolute Gasteiger partial charge is 0.488 e. The molecule has 0 amide bonds. The summed E-state index contributed by atoms with van der Waals surface area (Å²) in [5.41, 5.74) is 9.17. The number of carbonyl (C=O) groups is 1. The Morgan fingerprint density at radius 2 is 1.37 bits per heavy atom. The molecule has 0 aliphatic heterocycles. The van der Waals surface area contributed by atoms with Crippen molar-refractivity contribution in [3.05, 3.63) is 128 Å². The van der Waals surface area contributed by atoms with E-state index in [1.165, 1.54) is 22.3 Å². The second-order valence-corrected chi connectivity index (χ2v) is 11.2. The summed E-state index contributed by atoms with van der Waals surface area (Å²) in [4.78, 5) is 10.9. The molecule has 0 bridgehead atoms. The van der Waals surface area contributed by atoms with E-state index in [1.54, 1.807) is 22.7 Å². The molecule has 0 spiro atoms. The minimum absolute atomic E-state index is 0.106. The van der Waals surface area contributed by atoms with Gasteiger partial charge in [0.05, 0.1) is 4.47 Å². The molecule has 2 aromatic heterocycles. The smallest absolute Gasteiger partial charge is 0.303 e. The summed E-state index contributed by atoms with van der Waals surface area (Å²) >= 11 is 6.97. The van der Waals surface area contributed by atoms with Crippen LogP contribution in [0.1, 0.15) is 23.1 Å². The van der Waals surface area contributed by atoms with Crippen LogP contribution in [0.3, 0.4) is 0 Å². The lowest BCUT2D eigenvalue weighted by Gasteiger charge is -2.12. The number of halogens is 1. The van der Waals surface area contributed by atoms with Crippen LogP contribution in [0.2, 0.25) is 0 Å². The van der Waals surface area contributed by atoms with Gasteiger partial charge in [0.1, 0.15) is 12.4 Å². The molecule has 38 heavy (non-hydrogen) atoms. The van der Waals surface area contributed by atoms with Gasteiger partial charge in [-0.1, -0.05) is 54.6 Å². The normalized spacial score (nSPS) is 10.8. The van der Waals surface area contributed by atoms with E-state index in [1.807, 2.05) is 18.2 Å². The third-order valence-electron chi connectivity index (χ3n) is 6.25. The first-order valence-electron chi connectivity index (χ1n) is 12.2. The van der Waals surface area contributed by atoms with E-state index in [2.05, 4.69) is 104 Å². The standard InChI is InChI=1S/C32H25BrO3S2/c33-30-19-22(2-12-32(34)35)1-11-31(30)36-16-13-29(25-7-3-23(4-8-25)27-14-17-37-20-27)26-9-5-24(6-10-26)28-15-18-38-21-28/h1,3-11,13-15,17-21H,2,12,16H2,(H,34,35). The summed E-state index contributed by atoms with van der Waals surface area (Å²) in [6.45, 7) is 0.390. The van der Waals surface area contributed by atoms with Gasteiger partial charge >= 0.3 is 5.97 Å². The molecule has 0 fully saturated rings. The lowest BCUT2D eigenvalue weighted by Crippen LogP contribution is -2.00. The Morgan fingerprint density at radius 3 is 1.84 bits per heavy atom. The Kier molecular flexibility index (Phi) is 8.54. The van der Waals surface area contributed by atoms with Gasteiger partial charge in [0.25, 0.3) is 0 Å². The van der Waals surface area contributed by atoms with E-state index in [4.69, 9.17) is 9.84 Å². The molecule has 5 rings (SSSR count). The number of carboxylic acids is 1. The Hall–Kier alpha value is -3.45. The van der Waals surface area contributed by atoms with Crippen molar-refractivity contribution in [2.45, 2.75) is 12.8 Å². The molecule has 0 radical (unpaired) electrons. The first kappa shape index (κ1) is 26.2. The number of hydrogen-bond acceptors (Lipinski definition) is 4. The van der Waals surface area contributed by atoms with Crippen molar-refractivity contribution in [2.75, 3.05) is 6.61 Å². The molecule has 190 valence electrons. The maximum atomic E-state index is 10.9. The van der Waals surface area contributed by atoms with Crippen molar-refractivity contribution in [3.63, 3.8) is 0 Å². The molecule has 0 atom stereocenters. The lowest BCUT2D eigenvalue weighted by molar-refractivity contribution is -0.136. The predicted molar refractivity (Wildman–Crippen MR) is 162 cm³/mol. The third kappa shape index (κ3) is 6.51. The van der Waals surface area contributed by atoms with E-state index in [9.17, 15) is 4.79 Å². The van der Waals surface area contributed by atoms with Gasteiger partial charge in [0.2, 0.25) is 0 Å². The maximum absolute atomic E-state index is 10.9. The Labute approximate surface area is 238 Å². The topological polar surface area (TPSA) is 46.5 Å². The predicted octanol–water partition coefficient (Wildman–Crippen LogP) is 9.43. The lowest BCUT2D eigenvalue weighted by atomic mass is 9.94. The van der Waals surface area contributed by atoms with Crippen molar-refractivity contribution >= 4 is 50.1 Å². The Morgan fingerprint density at radius 1 is 0.789 bits per heavy atom. The SMILES string of the molecule is O=C(O)CCc1ccc(OCC=C(c2ccc(-c3ccsc3)cc2)c2ccc(-c3ccsc3)cc2)c(Br)c1. The average Bonchev–Trinajstić information content (AvgIpc) is 3.67. The molecule has 0 unspecified atom stereocenters. The Bertz CT molecular complexity index is 1440. The van der Waals surface area contributed by atoms with Gasteiger partial charge in [-0.3, -0.25) is 4.79 Å². The van der Waals surface area contributed by atoms with Crippen LogP contribution < -0.4 is 4.74 Å². The number of carboxylic acid groups (broad SMARTS) is 1. The van der Waals surface area contributed by atoms with Gasteiger partial charge in [-0.25, -0.2) is 0 Å². The van der Waals surface area contributed by atoms with Crippen LogP contribution in [0.25, 0.3) is 27.8 Å². The fraction of sp³-hybridized carbons (Fsp3) is 0.0938. The minimum atomic E-state index is -0.800. The fourth-order valence-corrected chi connectivity index (χ4v) is 6.10. The zero-order valence-corrected chi connectivity index (χ0v) is 23.7. The van der Waals surface area contributed by atoms with E-state index >= 15 is 0 Å². The van der Waals surface area contributed by atoms with E-state index in [0.29, 0.717) is 13.0 Å². The molecule has 0 aliphatic carbocycles. The number of ether oxygens (including phenoxy) is 1. The van der Waals surface area contributed by atoms with E-state index < -0.39 is 5.97 Å². The molecular formula is C32H25BrO3S2. The quantitative estimate of drug-likeness (QED) is 0.174. The molecule has 3 nitrogen and oxygen atoms in total. The minimum Gasteiger partial charge on any atom is -0.488 e. The van der Waals surface area contributed by atoms with E-state index in [0.717, 1.165) is 32.5 Å². The zero-order valence-electron chi connectivity index (χ0n) is 20.5. The molecular weight excluding hydrogens is 576 g/mol. The molecule has 3 aromatic carbocycles. The molecule has 0 aliphatic rings. The molecule has 5 aromatic rings. The average molecular weight is 602 g/mol. The second kappa shape index (κ2) is 12.4. The number of benzene rings is 3. The number of aliphatic carboxylic acids is 1.